The quantitative estimate of drug-likeness (QED) is 0.626. The zero-order valence-corrected chi connectivity index (χ0v) is 10.1. The van der Waals surface area contributed by atoms with Crippen molar-refractivity contribution in [3.63, 3.8) is 0 Å². The van der Waals surface area contributed by atoms with Gasteiger partial charge in [-0.25, -0.2) is 4.98 Å². The molecule has 0 unspecified atom stereocenters. The van der Waals surface area contributed by atoms with Crippen LogP contribution in [0, 0.1) is 10.1 Å². The molecule has 0 N–H and O–H groups in total. The van der Waals surface area contributed by atoms with Crippen LogP contribution in [0.4, 0.5) is 5.69 Å². The van der Waals surface area contributed by atoms with Gasteiger partial charge in [-0.05, 0) is 24.3 Å². The third-order valence-electron chi connectivity index (χ3n) is 1.96. The summed E-state index contributed by atoms with van der Waals surface area (Å²) in [5.74, 6) is 0. The van der Waals surface area contributed by atoms with Crippen LogP contribution in [0.2, 0.25) is 5.02 Å². The highest BCUT2D eigenvalue weighted by Gasteiger charge is 2.15. The summed E-state index contributed by atoms with van der Waals surface area (Å²) in [7, 11) is 0. The maximum absolute atomic E-state index is 10.8. The summed E-state index contributed by atoms with van der Waals surface area (Å²) in [4.78, 5) is 15.2. The van der Waals surface area contributed by atoms with Crippen molar-refractivity contribution in [3.05, 3.63) is 57.7 Å². The molecule has 0 saturated carbocycles. The Hall–Kier alpha value is -1.59. The van der Waals surface area contributed by atoms with Crippen LogP contribution in [-0.2, 0) is 0 Å². The Balaban J connectivity index is 2.33. The van der Waals surface area contributed by atoms with Gasteiger partial charge >= 0.3 is 5.69 Å². The highest BCUT2D eigenvalue weighted by Crippen LogP contribution is 2.33. The second kappa shape index (κ2) is 5.16. The van der Waals surface area contributed by atoms with E-state index in [1.54, 1.807) is 24.3 Å². The van der Waals surface area contributed by atoms with Crippen LogP contribution >= 0.6 is 23.4 Å². The summed E-state index contributed by atoms with van der Waals surface area (Å²) < 4.78 is 0. The molecule has 2 aromatic rings. The lowest BCUT2D eigenvalue weighted by Crippen LogP contribution is -1.92. The van der Waals surface area contributed by atoms with Gasteiger partial charge in [-0.2, -0.15) is 0 Å². The van der Waals surface area contributed by atoms with Crippen molar-refractivity contribution in [2.24, 2.45) is 0 Å². The SMILES string of the molecule is O=[N+]([O-])c1cccnc1Sc1cccc(Cl)c1. The number of aromatic nitrogens is 1. The average molecular weight is 267 g/mol. The largest absolute Gasteiger partial charge is 0.301 e. The Bertz CT molecular complexity index is 563. The first kappa shape index (κ1) is 11.9. The smallest absolute Gasteiger partial charge is 0.258 e. The zero-order chi connectivity index (χ0) is 12.3. The number of halogens is 1. The number of pyridine rings is 1. The zero-order valence-electron chi connectivity index (χ0n) is 8.54. The first-order chi connectivity index (χ1) is 8.16. The van der Waals surface area contributed by atoms with Gasteiger partial charge in [-0.15, -0.1) is 0 Å². The summed E-state index contributed by atoms with van der Waals surface area (Å²) >= 11 is 7.07. The second-order valence-corrected chi connectivity index (χ2v) is 4.64. The van der Waals surface area contributed by atoms with E-state index in [0.717, 1.165) is 4.90 Å². The van der Waals surface area contributed by atoms with Crippen LogP contribution in [0.15, 0.2) is 52.5 Å². The monoisotopic (exact) mass is 266 g/mol. The fourth-order valence-electron chi connectivity index (χ4n) is 1.24. The van der Waals surface area contributed by atoms with E-state index in [9.17, 15) is 10.1 Å². The molecule has 0 amide bonds. The summed E-state index contributed by atoms with van der Waals surface area (Å²) in [5, 5.41) is 11.8. The van der Waals surface area contributed by atoms with Crippen LogP contribution in [0.25, 0.3) is 0 Å². The van der Waals surface area contributed by atoms with Crippen molar-refractivity contribution in [1.29, 1.82) is 0 Å². The van der Waals surface area contributed by atoms with Gasteiger partial charge in [0.25, 0.3) is 0 Å². The van der Waals surface area contributed by atoms with Gasteiger partial charge in [0.15, 0.2) is 5.03 Å². The van der Waals surface area contributed by atoms with Crippen molar-refractivity contribution in [1.82, 2.24) is 4.98 Å². The lowest BCUT2D eigenvalue weighted by atomic mass is 10.4. The predicted molar refractivity (Wildman–Crippen MR) is 66.5 cm³/mol. The maximum atomic E-state index is 10.8. The van der Waals surface area contributed by atoms with Gasteiger partial charge in [0.1, 0.15) is 0 Å². The molecule has 17 heavy (non-hydrogen) atoms. The Kier molecular flexibility index (Phi) is 3.61. The summed E-state index contributed by atoms with van der Waals surface area (Å²) in [5.41, 5.74) is -0.00234. The van der Waals surface area contributed by atoms with Crippen LogP contribution in [0.5, 0.6) is 0 Å². The topological polar surface area (TPSA) is 56.0 Å². The molecule has 2 rings (SSSR count). The lowest BCUT2D eigenvalue weighted by molar-refractivity contribution is -0.388. The summed E-state index contributed by atoms with van der Waals surface area (Å²) in [6, 6.07) is 10.1. The van der Waals surface area contributed by atoms with Crippen LogP contribution in [0.1, 0.15) is 0 Å². The summed E-state index contributed by atoms with van der Waals surface area (Å²) in [6.45, 7) is 0. The molecule has 4 nitrogen and oxygen atoms in total. The van der Waals surface area contributed by atoms with E-state index < -0.39 is 4.92 Å². The molecule has 1 aromatic heterocycles. The first-order valence-corrected chi connectivity index (χ1v) is 5.89. The number of benzene rings is 1. The predicted octanol–water partition coefficient (Wildman–Crippen LogP) is 3.79. The van der Waals surface area contributed by atoms with Gasteiger partial charge in [0.2, 0.25) is 0 Å². The van der Waals surface area contributed by atoms with Crippen LogP contribution < -0.4 is 0 Å². The fraction of sp³-hybridized carbons (Fsp3) is 0. The van der Waals surface area contributed by atoms with Crippen molar-refractivity contribution in [3.8, 4) is 0 Å². The van der Waals surface area contributed by atoms with E-state index in [0.29, 0.717) is 10.0 Å². The molecule has 0 aliphatic rings. The van der Waals surface area contributed by atoms with Crippen LogP contribution in [0.3, 0.4) is 0 Å². The van der Waals surface area contributed by atoms with E-state index in [1.807, 2.05) is 6.07 Å². The number of hydrogen-bond acceptors (Lipinski definition) is 4. The number of nitro groups is 1. The number of hydrogen-bond donors (Lipinski definition) is 0. The van der Waals surface area contributed by atoms with Gasteiger partial charge < -0.3 is 0 Å². The minimum absolute atomic E-state index is 0.00234. The number of rotatable bonds is 3. The van der Waals surface area contributed by atoms with Gasteiger partial charge in [0.05, 0.1) is 4.92 Å². The molecule has 0 fully saturated rings. The Morgan fingerprint density at radius 2 is 2.12 bits per heavy atom. The maximum Gasteiger partial charge on any atom is 0.301 e. The Labute approximate surface area is 107 Å². The molecule has 6 heteroatoms. The second-order valence-electron chi connectivity index (χ2n) is 3.14. The third-order valence-corrected chi connectivity index (χ3v) is 3.19. The van der Waals surface area contributed by atoms with Gasteiger partial charge in [-0.3, -0.25) is 10.1 Å². The number of nitrogens with zero attached hydrogens (tertiary/aromatic N) is 2. The molecule has 0 bridgehead atoms. The van der Waals surface area contributed by atoms with Crippen molar-refractivity contribution in [2.45, 2.75) is 9.92 Å². The molecule has 1 aromatic carbocycles. The van der Waals surface area contributed by atoms with E-state index in [-0.39, 0.29) is 5.69 Å². The minimum Gasteiger partial charge on any atom is -0.258 e. The van der Waals surface area contributed by atoms with Crippen molar-refractivity contribution >= 4 is 29.1 Å². The first-order valence-electron chi connectivity index (χ1n) is 4.69. The Morgan fingerprint density at radius 3 is 2.82 bits per heavy atom. The molecule has 0 saturated heterocycles. The molecular formula is C11H7ClN2O2S. The van der Waals surface area contributed by atoms with E-state index in [2.05, 4.69) is 4.98 Å². The summed E-state index contributed by atoms with van der Waals surface area (Å²) in [6.07, 6.45) is 1.53. The molecular weight excluding hydrogens is 260 g/mol. The molecule has 86 valence electrons. The minimum atomic E-state index is -0.445. The standard InChI is InChI=1S/C11H7ClN2O2S/c12-8-3-1-4-9(7-8)17-11-10(14(15)16)5-2-6-13-11/h1-7H. The van der Waals surface area contributed by atoms with Gasteiger partial charge in [0, 0.05) is 22.2 Å². The van der Waals surface area contributed by atoms with Gasteiger partial charge in [-0.1, -0.05) is 29.4 Å². The molecule has 0 atom stereocenters. The normalized spacial score (nSPS) is 10.2. The molecule has 0 radical (unpaired) electrons. The van der Waals surface area contributed by atoms with Crippen LogP contribution in [-0.4, -0.2) is 9.91 Å². The van der Waals surface area contributed by atoms with E-state index in [4.69, 9.17) is 11.6 Å². The molecule has 1 heterocycles. The average Bonchev–Trinajstić information content (AvgIpc) is 2.29. The highest BCUT2D eigenvalue weighted by atomic mass is 35.5. The Morgan fingerprint density at radius 1 is 1.29 bits per heavy atom. The molecule has 0 aliphatic carbocycles. The molecule has 0 aliphatic heterocycles. The van der Waals surface area contributed by atoms with Crippen molar-refractivity contribution < 1.29 is 4.92 Å². The fourth-order valence-corrected chi connectivity index (χ4v) is 2.41. The lowest BCUT2D eigenvalue weighted by Gasteiger charge is -2.01. The molecule has 0 spiro atoms. The van der Waals surface area contributed by atoms with E-state index in [1.165, 1.54) is 24.0 Å². The van der Waals surface area contributed by atoms with E-state index >= 15 is 0 Å². The van der Waals surface area contributed by atoms with Crippen molar-refractivity contribution in [2.75, 3.05) is 0 Å². The third kappa shape index (κ3) is 2.95. The highest BCUT2D eigenvalue weighted by molar-refractivity contribution is 7.99.